The fourth-order valence-corrected chi connectivity index (χ4v) is 2.47. The van der Waals surface area contributed by atoms with Crippen molar-refractivity contribution in [3.05, 3.63) is 42.0 Å². The summed E-state index contributed by atoms with van der Waals surface area (Å²) < 4.78 is 5.18. The average molecular weight is 349 g/mol. The Balaban J connectivity index is 0.00000277. The second kappa shape index (κ2) is 13.5. The van der Waals surface area contributed by atoms with E-state index in [1.165, 1.54) is 0 Å². The minimum atomic E-state index is 0.152. The summed E-state index contributed by atoms with van der Waals surface area (Å²) in [6.45, 7) is 17.6. The van der Waals surface area contributed by atoms with Crippen LogP contribution in [0, 0.1) is 0 Å². The fourth-order valence-electron chi connectivity index (χ4n) is 2.47. The predicted octanol–water partition coefficient (Wildman–Crippen LogP) is 4.36. The molecule has 0 heterocycles. The summed E-state index contributed by atoms with van der Waals surface area (Å²) in [6, 6.07) is 7.85. The van der Waals surface area contributed by atoms with Crippen molar-refractivity contribution in [3.8, 4) is 5.75 Å². The van der Waals surface area contributed by atoms with Crippen molar-refractivity contribution in [2.45, 2.75) is 47.6 Å². The number of amides is 1. The number of methoxy groups -OCH3 is 1. The Morgan fingerprint density at radius 1 is 1.12 bits per heavy atom. The second-order valence-corrected chi connectivity index (χ2v) is 5.92. The lowest BCUT2D eigenvalue weighted by Gasteiger charge is -2.27. The number of benzene rings is 1. The van der Waals surface area contributed by atoms with Crippen molar-refractivity contribution in [1.29, 1.82) is 0 Å². The van der Waals surface area contributed by atoms with Crippen LogP contribution in [0.25, 0.3) is 0 Å². The van der Waals surface area contributed by atoms with Crippen LogP contribution in [0.2, 0.25) is 0 Å². The molecule has 25 heavy (non-hydrogen) atoms. The highest BCUT2D eigenvalue weighted by Gasteiger charge is 2.17. The minimum absolute atomic E-state index is 0.152. The molecule has 4 heteroatoms. The van der Waals surface area contributed by atoms with E-state index in [0.29, 0.717) is 19.6 Å². The van der Waals surface area contributed by atoms with Crippen LogP contribution in [0.5, 0.6) is 5.75 Å². The van der Waals surface area contributed by atoms with Gasteiger partial charge in [-0.25, -0.2) is 0 Å². The van der Waals surface area contributed by atoms with Gasteiger partial charge in [-0.1, -0.05) is 52.0 Å². The Morgan fingerprint density at radius 3 is 2.16 bits per heavy atom. The largest absolute Gasteiger partial charge is 0.497 e. The quantitative estimate of drug-likeness (QED) is 0.589. The van der Waals surface area contributed by atoms with E-state index in [-0.39, 0.29) is 5.91 Å². The first-order chi connectivity index (χ1) is 12.0. The Bertz CT molecular complexity index is 497. The third-order valence-corrected chi connectivity index (χ3v) is 3.69. The highest BCUT2D eigenvalue weighted by molar-refractivity contribution is 5.78. The van der Waals surface area contributed by atoms with Gasteiger partial charge in [-0.05, 0) is 44.1 Å². The number of ether oxygens (including phenoxy) is 1. The van der Waals surface area contributed by atoms with E-state index >= 15 is 0 Å². The Kier molecular flexibility index (Phi) is 12.5. The molecule has 0 radical (unpaired) electrons. The van der Waals surface area contributed by atoms with Gasteiger partial charge in [-0.15, -0.1) is 0 Å². The monoisotopic (exact) mass is 348 g/mol. The summed E-state index contributed by atoms with van der Waals surface area (Å²) >= 11 is 0. The Morgan fingerprint density at radius 2 is 1.72 bits per heavy atom. The zero-order valence-corrected chi connectivity index (χ0v) is 17.0. The SMILES string of the molecule is C=C(C)CN(Cc1ccc(OC)cc1)C(=O)CN(CC)CCC.CC. The minimum Gasteiger partial charge on any atom is -0.497 e. The summed E-state index contributed by atoms with van der Waals surface area (Å²) in [6.07, 6.45) is 1.06. The van der Waals surface area contributed by atoms with E-state index in [2.05, 4.69) is 25.3 Å². The van der Waals surface area contributed by atoms with Crippen LogP contribution in [0.15, 0.2) is 36.4 Å². The summed E-state index contributed by atoms with van der Waals surface area (Å²) in [5.41, 5.74) is 2.09. The van der Waals surface area contributed by atoms with E-state index in [0.717, 1.165) is 36.4 Å². The number of carbonyl (C=O) groups is 1. The smallest absolute Gasteiger partial charge is 0.237 e. The molecule has 0 aromatic heterocycles. The maximum atomic E-state index is 12.7. The molecule has 1 rings (SSSR count). The molecule has 0 saturated heterocycles. The maximum absolute atomic E-state index is 12.7. The van der Waals surface area contributed by atoms with Crippen LogP contribution in [0.4, 0.5) is 0 Å². The Hall–Kier alpha value is -1.81. The normalized spacial score (nSPS) is 10.0. The lowest BCUT2D eigenvalue weighted by Crippen LogP contribution is -2.41. The number of hydrogen-bond acceptors (Lipinski definition) is 3. The van der Waals surface area contributed by atoms with Gasteiger partial charge in [0.25, 0.3) is 0 Å². The second-order valence-electron chi connectivity index (χ2n) is 5.92. The van der Waals surface area contributed by atoms with Crippen molar-refractivity contribution in [2.75, 3.05) is 33.3 Å². The number of carbonyl (C=O) groups excluding carboxylic acids is 1. The van der Waals surface area contributed by atoms with Gasteiger partial charge in [0.2, 0.25) is 5.91 Å². The van der Waals surface area contributed by atoms with Gasteiger partial charge in [0, 0.05) is 13.1 Å². The molecule has 4 nitrogen and oxygen atoms in total. The van der Waals surface area contributed by atoms with Crippen LogP contribution in [-0.4, -0.2) is 49.0 Å². The molecule has 0 bridgehead atoms. The van der Waals surface area contributed by atoms with Crippen LogP contribution in [-0.2, 0) is 11.3 Å². The molecule has 0 aliphatic heterocycles. The topological polar surface area (TPSA) is 32.8 Å². The molecular weight excluding hydrogens is 312 g/mol. The summed E-state index contributed by atoms with van der Waals surface area (Å²) in [5, 5.41) is 0. The molecule has 0 aliphatic carbocycles. The number of rotatable bonds is 10. The third-order valence-electron chi connectivity index (χ3n) is 3.69. The van der Waals surface area contributed by atoms with Gasteiger partial charge in [-0.2, -0.15) is 0 Å². The summed E-state index contributed by atoms with van der Waals surface area (Å²) in [7, 11) is 1.65. The fraction of sp³-hybridized carbons (Fsp3) is 0.571. The molecule has 142 valence electrons. The summed E-state index contributed by atoms with van der Waals surface area (Å²) in [4.78, 5) is 16.7. The lowest BCUT2D eigenvalue weighted by molar-refractivity contribution is -0.132. The van der Waals surface area contributed by atoms with E-state index in [1.807, 2.05) is 49.9 Å². The van der Waals surface area contributed by atoms with Gasteiger partial charge < -0.3 is 9.64 Å². The van der Waals surface area contributed by atoms with E-state index in [9.17, 15) is 4.79 Å². The van der Waals surface area contributed by atoms with Crippen molar-refractivity contribution in [3.63, 3.8) is 0 Å². The Labute approximate surface area is 154 Å². The molecule has 0 aliphatic rings. The van der Waals surface area contributed by atoms with Crippen LogP contribution in [0.1, 0.15) is 46.6 Å². The maximum Gasteiger partial charge on any atom is 0.237 e. The molecule has 0 fully saturated rings. The molecule has 0 saturated carbocycles. The van der Waals surface area contributed by atoms with Gasteiger partial charge in [0.15, 0.2) is 0 Å². The number of likely N-dealkylation sites (N-methyl/N-ethyl adjacent to an activating group) is 1. The molecule has 1 aromatic carbocycles. The van der Waals surface area contributed by atoms with Crippen molar-refractivity contribution < 1.29 is 9.53 Å². The van der Waals surface area contributed by atoms with Crippen molar-refractivity contribution in [1.82, 2.24) is 9.80 Å². The van der Waals surface area contributed by atoms with E-state index < -0.39 is 0 Å². The first-order valence-corrected chi connectivity index (χ1v) is 9.27. The van der Waals surface area contributed by atoms with Crippen LogP contribution < -0.4 is 4.74 Å². The first kappa shape index (κ1) is 23.2. The van der Waals surface area contributed by atoms with E-state index in [4.69, 9.17) is 4.74 Å². The molecule has 1 aromatic rings. The first-order valence-electron chi connectivity index (χ1n) is 9.27. The van der Waals surface area contributed by atoms with Crippen molar-refractivity contribution >= 4 is 5.91 Å². The van der Waals surface area contributed by atoms with E-state index in [1.54, 1.807) is 7.11 Å². The van der Waals surface area contributed by atoms with Crippen LogP contribution >= 0.6 is 0 Å². The van der Waals surface area contributed by atoms with Gasteiger partial charge in [-0.3, -0.25) is 9.69 Å². The molecule has 0 unspecified atom stereocenters. The van der Waals surface area contributed by atoms with Crippen molar-refractivity contribution in [2.24, 2.45) is 0 Å². The van der Waals surface area contributed by atoms with Crippen LogP contribution in [0.3, 0.4) is 0 Å². The zero-order chi connectivity index (χ0) is 19.2. The molecule has 1 amide bonds. The highest BCUT2D eigenvalue weighted by atomic mass is 16.5. The number of hydrogen-bond donors (Lipinski definition) is 0. The molecular formula is C21H36N2O2. The highest BCUT2D eigenvalue weighted by Crippen LogP contribution is 2.14. The third kappa shape index (κ3) is 9.30. The average Bonchev–Trinajstić information content (AvgIpc) is 2.62. The number of nitrogens with zero attached hydrogens (tertiary/aromatic N) is 2. The van der Waals surface area contributed by atoms with Gasteiger partial charge >= 0.3 is 0 Å². The lowest BCUT2D eigenvalue weighted by atomic mass is 10.2. The molecule has 0 atom stereocenters. The molecule has 0 N–H and O–H groups in total. The van der Waals surface area contributed by atoms with Gasteiger partial charge in [0.05, 0.1) is 13.7 Å². The standard InChI is InChI=1S/C19H30N2O2.C2H6/c1-6-12-20(7-2)15-19(22)21(13-16(3)4)14-17-8-10-18(23-5)11-9-17;1-2/h8-11H,3,6-7,12-15H2,1-2,4-5H3;1-2H3. The zero-order valence-electron chi connectivity index (χ0n) is 17.0. The molecule has 0 spiro atoms. The summed E-state index contributed by atoms with van der Waals surface area (Å²) in [5.74, 6) is 0.978. The van der Waals surface area contributed by atoms with Gasteiger partial charge in [0.1, 0.15) is 5.75 Å². The predicted molar refractivity (Wildman–Crippen MR) is 107 cm³/mol.